The molecule has 4 saturated carbocycles. The summed E-state index contributed by atoms with van der Waals surface area (Å²) in [7, 11) is 0. The highest BCUT2D eigenvalue weighted by molar-refractivity contribution is 5.78. The van der Waals surface area contributed by atoms with E-state index in [1.165, 1.54) is 64.2 Å². The molecule has 0 saturated heterocycles. The smallest absolute Gasteiger partial charge is 0.132 e. The second-order valence-electron chi connectivity index (χ2n) is 12.8. The van der Waals surface area contributed by atoms with Crippen LogP contribution in [0.3, 0.4) is 0 Å². The highest BCUT2D eigenvalue weighted by atomic mass is 16.1. The summed E-state index contributed by atoms with van der Waals surface area (Å²) >= 11 is 0. The molecule has 0 aromatic heterocycles. The first kappa shape index (κ1) is 21.9. The molecule has 0 aromatic rings. The van der Waals surface area contributed by atoms with Gasteiger partial charge in [-0.25, -0.2) is 0 Å². The Morgan fingerprint density at radius 1 is 0.828 bits per heavy atom. The van der Waals surface area contributed by atoms with Crippen LogP contribution in [0, 0.1) is 52.3 Å². The third kappa shape index (κ3) is 3.87. The van der Waals surface area contributed by atoms with Crippen molar-refractivity contribution in [1.29, 1.82) is 0 Å². The lowest BCUT2D eigenvalue weighted by Crippen LogP contribution is -2.53. The lowest BCUT2D eigenvalue weighted by atomic mass is 9.44. The molecule has 166 valence electrons. The first-order valence-corrected chi connectivity index (χ1v) is 13.3. The van der Waals surface area contributed by atoms with Gasteiger partial charge in [0.15, 0.2) is 0 Å². The van der Waals surface area contributed by atoms with Crippen molar-refractivity contribution in [3.8, 4) is 0 Å². The minimum absolute atomic E-state index is 0.411. The summed E-state index contributed by atoms with van der Waals surface area (Å²) in [5.74, 6) is 7.22. The molecule has 0 unspecified atom stereocenters. The SMILES string of the molecule is CC(C)CCC[C@@H](C)[C@H]1CC[C@@H]2[C@@H]1CC[C@@H]1[C@@H]2CC[C@@]2(C)CCC(=O)CC[C@]12C. The van der Waals surface area contributed by atoms with Gasteiger partial charge in [0.05, 0.1) is 0 Å². The van der Waals surface area contributed by atoms with Crippen LogP contribution in [0.4, 0.5) is 0 Å². The van der Waals surface area contributed by atoms with Crippen LogP contribution >= 0.6 is 0 Å². The van der Waals surface area contributed by atoms with E-state index in [1.54, 1.807) is 0 Å². The van der Waals surface area contributed by atoms with Crippen LogP contribution in [0.25, 0.3) is 0 Å². The zero-order valence-corrected chi connectivity index (χ0v) is 20.1. The average molecular weight is 401 g/mol. The summed E-state index contributed by atoms with van der Waals surface area (Å²) in [4.78, 5) is 12.3. The van der Waals surface area contributed by atoms with Crippen LogP contribution < -0.4 is 0 Å². The fraction of sp³-hybridized carbons (Fsp3) is 0.964. The Hall–Kier alpha value is -0.330. The minimum atomic E-state index is 0.411. The van der Waals surface area contributed by atoms with Crippen molar-refractivity contribution in [2.45, 2.75) is 118 Å². The van der Waals surface area contributed by atoms with Gasteiger partial charge in [0.2, 0.25) is 0 Å². The molecule has 29 heavy (non-hydrogen) atoms. The fourth-order valence-electron chi connectivity index (χ4n) is 9.01. The maximum absolute atomic E-state index is 12.3. The second-order valence-corrected chi connectivity index (χ2v) is 12.8. The maximum Gasteiger partial charge on any atom is 0.132 e. The molecule has 0 spiro atoms. The molecule has 0 amide bonds. The van der Waals surface area contributed by atoms with Crippen LogP contribution in [-0.4, -0.2) is 5.78 Å². The van der Waals surface area contributed by atoms with Crippen molar-refractivity contribution >= 4 is 5.78 Å². The Balaban J connectivity index is 1.46. The molecule has 1 nitrogen and oxygen atoms in total. The van der Waals surface area contributed by atoms with Crippen molar-refractivity contribution in [1.82, 2.24) is 0 Å². The quantitative estimate of drug-likeness (QED) is 0.456. The van der Waals surface area contributed by atoms with E-state index < -0.39 is 0 Å². The first-order chi connectivity index (χ1) is 13.7. The molecule has 1 heteroatoms. The van der Waals surface area contributed by atoms with Crippen molar-refractivity contribution in [2.24, 2.45) is 52.3 Å². The van der Waals surface area contributed by atoms with Gasteiger partial charge in [-0.1, -0.05) is 53.9 Å². The molecular formula is C28H48O. The zero-order chi connectivity index (χ0) is 20.8. The highest BCUT2D eigenvalue weighted by Gasteiger charge is 2.59. The van der Waals surface area contributed by atoms with Gasteiger partial charge < -0.3 is 0 Å². The van der Waals surface area contributed by atoms with E-state index in [0.29, 0.717) is 16.6 Å². The Labute approximate surface area is 181 Å². The summed E-state index contributed by atoms with van der Waals surface area (Å²) in [5.41, 5.74) is 0.823. The maximum atomic E-state index is 12.3. The summed E-state index contributed by atoms with van der Waals surface area (Å²) in [6.45, 7) is 12.5. The van der Waals surface area contributed by atoms with Gasteiger partial charge in [-0.3, -0.25) is 4.79 Å². The number of carbonyl (C=O) groups excluding carboxylic acids is 1. The van der Waals surface area contributed by atoms with Gasteiger partial charge in [-0.05, 0) is 104 Å². The largest absolute Gasteiger partial charge is 0.300 e. The van der Waals surface area contributed by atoms with E-state index in [2.05, 4.69) is 34.6 Å². The van der Waals surface area contributed by atoms with E-state index in [4.69, 9.17) is 0 Å². The topological polar surface area (TPSA) is 17.1 Å². The van der Waals surface area contributed by atoms with Crippen LogP contribution in [0.2, 0.25) is 0 Å². The monoisotopic (exact) mass is 400 g/mol. The predicted octanol–water partition coefficient (Wildman–Crippen LogP) is 8.07. The normalized spacial score (nSPS) is 46.0. The van der Waals surface area contributed by atoms with Gasteiger partial charge >= 0.3 is 0 Å². The molecule has 4 aliphatic carbocycles. The van der Waals surface area contributed by atoms with E-state index in [9.17, 15) is 4.79 Å². The molecule has 4 aliphatic rings. The number of ketones is 1. The summed E-state index contributed by atoms with van der Waals surface area (Å²) in [6, 6.07) is 0. The van der Waals surface area contributed by atoms with E-state index in [1.807, 2.05) is 0 Å². The summed E-state index contributed by atoms with van der Waals surface area (Å²) < 4.78 is 0. The number of carbonyl (C=O) groups is 1. The molecule has 0 heterocycles. The lowest BCUT2D eigenvalue weighted by molar-refractivity contribution is -0.121. The number of hydrogen-bond acceptors (Lipinski definition) is 1. The Morgan fingerprint density at radius 2 is 1.55 bits per heavy atom. The second kappa shape index (κ2) is 8.31. The van der Waals surface area contributed by atoms with E-state index >= 15 is 0 Å². The Morgan fingerprint density at radius 3 is 2.31 bits per heavy atom. The molecule has 8 atom stereocenters. The third-order valence-corrected chi connectivity index (χ3v) is 11.1. The molecule has 0 aromatic carbocycles. The minimum Gasteiger partial charge on any atom is -0.300 e. The molecule has 0 bridgehead atoms. The molecular weight excluding hydrogens is 352 g/mol. The van der Waals surface area contributed by atoms with Crippen molar-refractivity contribution in [3.05, 3.63) is 0 Å². The van der Waals surface area contributed by atoms with E-state index in [0.717, 1.165) is 60.7 Å². The zero-order valence-electron chi connectivity index (χ0n) is 20.1. The van der Waals surface area contributed by atoms with Gasteiger partial charge in [-0.2, -0.15) is 0 Å². The summed E-state index contributed by atoms with van der Waals surface area (Å²) in [6.07, 6.45) is 17.2. The molecule has 4 fully saturated rings. The molecule has 0 aliphatic heterocycles. The molecule has 4 rings (SSSR count). The molecule has 0 N–H and O–H groups in total. The number of rotatable bonds is 5. The number of hydrogen-bond donors (Lipinski definition) is 0. The van der Waals surface area contributed by atoms with E-state index in [-0.39, 0.29) is 0 Å². The van der Waals surface area contributed by atoms with Gasteiger partial charge in [-0.15, -0.1) is 0 Å². The van der Waals surface area contributed by atoms with Gasteiger partial charge in [0, 0.05) is 12.8 Å². The first-order valence-electron chi connectivity index (χ1n) is 13.3. The third-order valence-electron chi connectivity index (χ3n) is 11.1. The highest BCUT2D eigenvalue weighted by Crippen LogP contribution is 2.67. The van der Waals surface area contributed by atoms with Crippen LogP contribution in [0.15, 0.2) is 0 Å². The lowest BCUT2D eigenvalue weighted by Gasteiger charge is -2.61. The molecule has 0 radical (unpaired) electrons. The summed E-state index contributed by atoms with van der Waals surface area (Å²) in [5, 5.41) is 0. The van der Waals surface area contributed by atoms with Crippen LogP contribution in [0.5, 0.6) is 0 Å². The average Bonchev–Trinajstić information content (AvgIpc) is 3.07. The van der Waals surface area contributed by atoms with Crippen molar-refractivity contribution in [3.63, 3.8) is 0 Å². The van der Waals surface area contributed by atoms with Crippen LogP contribution in [-0.2, 0) is 4.79 Å². The van der Waals surface area contributed by atoms with Gasteiger partial charge in [0.25, 0.3) is 0 Å². The fourth-order valence-corrected chi connectivity index (χ4v) is 9.01. The standard InChI is InChI=1S/C28H48O/c1-19(2)7-6-8-20(3)22-9-10-24-23(22)11-12-26-25(24)15-17-27(4)16-13-21(29)14-18-28(26,27)5/h19-20,22-26H,6-18H2,1-5H3/t20-,22-,23-,24-,25-,26-,27-,28-/m1/s1. The predicted molar refractivity (Wildman–Crippen MR) is 123 cm³/mol. The Kier molecular flexibility index (Phi) is 6.27. The number of fused-ring (bicyclic) bond motifs is 5. The van der Waals surface area contributed by atoms with Crippen LogP contribution in [0.1, 0.15) is 118 Å². The Bertz CT molecular complexity index is 593. The van der Waals surface area contributed by atoms with Crippen molar-refractivity contribution in [2.75, 3.05) is 0 Å². The number of Topliss-reactive ketones (excluding diaryl/α,β-unsaturated/α-hetero) is 1. The van der Waals surface area contributed by atoms with Gasteiger partial charge in [0.1, 0.15) is 5.78 Å². The van der Waals surface area contributed by atoms with Crippen molar-refractivity contribution < 1.29 is 4.79 Å².